The van der Waals surface area contributed by atoms with E-state index < -0.39 is 39.4 Å². The summed E-state index contributed by atoms with van der Waals surface area (Å²) in [5, 5.41) is 2.45. The van der Waals surface area contributed by atoms with Crippen LogP contribution in [-0.2, 0) is 31.5 Å². The van der Waals surface area contributed by atoms with Crippen molar-refractivity contribution in [2.75, 3.05) is 6.26 Å². The second kappa shape index (κ2) is 5.34. The summed E-state index contributed by atoms with van der Waals surface area (Å²) < 4.78 is 50.9. The largest absolute Gasteiger partial charge is 0.367 e. The SMILES string of the molecule is CCC(F)(F)C(=O)C1(C(N)=O)NCc2cc(S(C)(=O)=O)ccc21. The van der Waals surface area contributed by atoms with E-state index in [-0.39, 0.29) is 22.6 Å². The van der Waals surface area contributed by atoms with Crippen LogP contribution in [0.5, 0.6) is 0 Å². The van der Waals surface area contributed by atoms with Crippen molar-refractivity contribution in [3.63, 3.8) is 0 Å². The van der Waals surface area contributed by atoms with Gasteiger partial charge in [-0.15, -0.1) is 0 Å². The van der Waals surface area contributed by atoms with E-state index in [0.29, 0.717) is 0 Å². The van der Waals surface area contributed by atoms with E-state index in [4.69, 9.17) is 5.73 Å². The zero-order valence-electron chi connectivity index (χ0n) is 12.5. The molecule has 0 aromatic heterocycles. The molecule has 0 aliphatic carbocycles. The van der Waals surface area contributed by atoms with Gasteiger partial charge >= 0.3 is 5.92 Å². The van der Waals surface area contributed by atoms with Crippen molar-refractivity contribution in [1.82, 2.24) is 5.32 Å². The molecule has 1 amide bonds. The normalized spacial score (nSPS) is 21.0. The summed E-state index contributed by atoms with van der Waals surface area (Å²) in [6.45, 7) is 1.00. The number of sulfone groups is 1. The van der Waals surface area contributed by atoms with Gasteiger partial charge in [0.1, 0.15) is 0 Å². The molecule has 1 aromatic rings. The summed E-state index contributed by atoms with van der Waals surface area (Å²) in [5.41, 5.74) is 3.13. The lowest BCUT2D eigenvalue weighted by atomic mass is 9.82. The van der Waals surface area contributed by atoms with Crippen LogP contribution in [-0.4, -0.2) is 32.3 Å². The van der Waals surface area contributed by atoms with Crippen LogP contribution in [0.2, 0.25) is 0 Å². The van der Waals surface area contributed by atoms with Gasteiger partial charge in [0.05, 0.1) is 4.90 Å². The number of benzene rings is 1. The van der Waals surface area contributed by atoms with Crippen LogP contribution < -0.4 is 11.1 Å². The molecule has 1 heterocycles. The number of nitrogens with one attached hydrogen (secondary N) is 1. The number of alkyl halides is 2. The maximum atomic E-state index is 13.9. The fourth-order valence-corrected chi connectivity index (χ4v) is 3.28. The van der Waals surface area contributed by atoms with Gasteiger partial charge in [-0.2, -0.15) is 8.78 Å². The molecule has 0 saturated heterocycles. The van der Waals surface area contributed by atoms with Gasteiger partial charge in [-0.05, 0) is 23.3 Å². The van der Waals surface area contributed by atoms with E-state index in [1.54, 1.807) is 0 Å². The van der Waals surface area contributed by atoms with Gasteiger partial charge < -0.3 is 5.73 Å². The highest BCUT2D eigenvalue weighted by Crippen LogP contribution is 2.38. The highest BCUT2D eigenvalue weighted by molar-refractivity contribution is 7.90. The van der Waals surface area contributed by atoms with Crippen molar-refractivity contribution < 1.29 is 26.8 Å². The van der Waals surface area contributed by atoms with Gasteiger partial charge in [-0.3, -0.25) is 14.9 Å². The third-order valence-electron chi connectivity index (χ3n) is 3.94. The van der Waals surface area contributed by atoms with E-state index in [1.165, 1.54) is 12.1 Å². The highest BCUT2D eigenvalue weighted by atomic mass is 32.2. The molecule has 2 rings (SSSR count). The number of primary amides is 1. The number of nitrogens with two attached hydrogens (primary N) is 1. The molecule has 0 spiro atoms. The second-order valence-electron chi connectivity index (χ2n) is 5.45. The predicted molar refractivity (Wildman–Crippen MR) is 77.5 cm³/mol. The van der Waals surface area contributed by atoms with E-state index in [0.717, 1.165) is 19.2 Å². The van der Waals surface area contributed by atoms with Crippen LogP contribution in [0.15, 0.2) is 23.1 Å². The molecule has 3 N–H and O–H groups in total. The molecule has 1 aromatic carbocycles. The van der Waals surface area contributed by atoms with Crippen molar-refractivity contribution in [2.24, 2.45) is 5.73 Å². The van der Waals surface area contributed by atoms with Gasteiger partial charge in [0.2, 0.25) is 11.7 Å². The molecule has 1 unspecified atom stereocenters. The molecule has 1 atom stereocenters. The van der Waals surface area contributed by atoms with Crippen molar-refractivity contribution in [3.8, 4) is 0 Å². The zero-order valence-corrected chi connectivity index (χ0v) is 13.3. The van der Waals surface area contributed by atoms with Crippen LogP contribution in [0.3, 0.4) is 0 Å². The molecule has 9 heteroatoms. The summed E-state index contributed by atoms with van der Waals surface area (Å²) >= 11 is 0. The van der Waals surface area contributed by atoms with Crippen LogP contribution >= 0.6 is 0 Å². The first-order valence-corrected chi connectivity index (χ1v) is 8.67. The van der Waals surface area contributed by atoms with Crippen molar-refractivity contribution in [3.05, 3.63) is 29.3 Å². The Bertz CT molecular complexity index is 792. The Morgan fingerprint density at radius 1 is 1.39 bits per heavy atom. The lowest BCUT2D eigenvalue weighted by Gasteiger charge is -2.29. The molecular weight excluding hydrogens is 330 g/mol. The first-order valence-electron chi connectivity index (χ1n) is 6.78. The number of ketones is 1. The Balaban J connectivity index is 2.65. The molecule has 23 heavy (non-hydrogen) atoms. The summed E-state index contributed by atoms with van der Waals surface area (Å²) in [7, 11) is -3.51. The number of hydrogen-bond acceptors (Lipinski definition) is 5. The minimum Gasteiger partial charge on any atom is -0.367 e. The maximum Gasteiger partial charge on any atom is 0.307 e. The minimum atomic E-state index is -3.74. The summed E-state index contributed by atoms with van der Waals surface area (Å²) in [5.74, 6) is -6.62. The van der Waals surface area contributed by atoms with Crippen LogP contribution in [0.4, 0.5) is 8.78 Å². The number of Topliss-reactive ketones (excluding diaryl/α,β-unsaturated/α-hetero) is 1. The van der Waals surface area contributed by atoms with Gasteiger partial charge in [0, 0.05) is 19.2 Å². The minimum absolute atomic E-state index is 0.0319. The summed E-state index contributed by atoms with van der Waals surface area (Å²) in [4.78, 5) is 24.1. The molecule has 1 aliphatic heterocycles. The molecule has 1 aliphatic rings. The topological polar surface area (TPSA) is 106 Å². The number of carbonyl (C=O) groups is 2. The standard InChI is InChI=1S/C14H16F2N2O4S/c1-3-13(15,16)11(19)14(12(17)20)10-5-4-9(23(2,21)22)6-8(10)7-18-14/h4-6,18H,3,7H2,1-2H3,(H2,17,20). The quantitative estimate of drug-likeness (QED) is 0.755. The Hall–Kier alpha value is -1.87. The maximum absolute atomic E-state index is 13.9. The fourth-order valence-electron chi connectivity index (χ4n) is 2.61. The van der Waals surface area contributed by atoms with Gasteiger partial charge in [0.25, 0.3) is 0 Å². The van der Waals surface area contributed by atoms with E-state index >= 15 is 0 Å². The monoisotopic (exact) mass is 346 g/mol. The molecule has 0 fully saturated rings. The number of hydrogen-bond donors (Lipinski definition) is 2. The van der Waals surface area contributed by atoms with Crippen molar-refractivity contribution >= 4 is 21.5 Å². The highest BCUT2D eigenvalue weighted by Gasteiger charge is 2.58. The third-order valence-corrected chi connectivity index (χ3v) is 5.05. The van der Waals surface area contributed by atoms with Crippen LogP contribution in [0, 0.1) is 0 Å². The molecule has 0 saturated carbocycles. The molecular formula is C14H16F2N2O4S. The first kappa shape index (κ1) is 17.5. The molecule has 0 radical (unpaired) electrons. The lowest BCUT2D eigenvalue weighted by Crippen LogP contribution is -2.59. The number of fused-ring (bicyclic) bond motifs is 1. The van der Waals surface area contributed by atoms with Crippen molar-refractivity contribution in [2.45, 2.75) is 36.2 Å². The smallest absolute Gasteiger partial charge is 0.307 e. The summed E-state index contributed by atoms with van der Waals surface area (Å²) in [6, 6.07) is 3.59. The van der Waals surface area contributed by atoms with E-state index in [9.17, 15) is 26.8 Å². The van der Waals surface area contributed by atoms with Gasteiger partial charge in [-0.1, -0.05) is 13.0 Å². The first-order chi connectivity index (χ1) is 10.5. The van der Waals surface area contributed by atoms with E-state index in [2.05, 4.69) is 5.32 Å². The third kappa shape index (κ3) is 2.63. The number of amides is 1. The Labute approximate surface area is 132 Å². The Morgan fingerprint density at radius 3 is 2.48 bits per heavy atom. The molecule has 6 nitrogen and oxygen atoms in total. The number of halogens is 2. The number of rotatable bonds is 5. The molecule has 126 valence electrons. The fraction of sp³-hybridized carbons (Fsp3) is 0.429. The number of carbonyl (C=O) groups excluding carboxylic acids is 2. The van der Waals surface area contributed by atoms with Gasteiger partial charge in [-0.25, -0.2) is 8.42 Å². The second-order valence-corrected chi connectivity index (χ2v) is 7.46. The predicted octanol–water partition coefficient (Wildman–Crippen LogP) is 0.488. The average molecular weight is 346 g/mol. The van der Waals surface area contributed by atoms with Crippen LogP contribution in [0.25, 0.3) is 0 Å². The van der Waals surface area contributed by atoms with Crippen LogP contribution in [0.1, 0.15) is 24.5 Å². The Morgan fingerprint density at radius 2 is 2.00 bits per heavy atom. The lowest BCUT2D eigenvalue weighted by molar-refractivity contribution is -0.155. The van der Waals surface area contributed by atoms with Crippen molar-refractivity contribution in [1.29, 1.82) is 0 Å². The van der Waals surface area contributed by atoms with E-state index in [1.807, 2.05) is 0 Å². The average Bonchev–Trinajstić information content (AvgIpc) is 2.85. The zero-order chi connectivity index (χ0) is 17.6. The molecule has 0 bridgehead atoms. The summed E-state index contributed by atoms with van der Waals surface area (Å²) in [6.07, 6.45) is 0.216. The van der Waals surface area contributed by atoms with Gasteiger partial charge in [0.15, 0.2) is 15.4 Å². The Kier molecular flexibility index (Phi) is 4.06.